The molecule has 0 aliphatic rings. The predicted molar refractivity (Wildman–Crippen MR) is 77.8 cm³/mol. The van der Waals surface area contributed by atoms with Gasteiger partial charge in [-0.3, -0.25) is 0 Å². The maximum absolute atomic E-state index is 10.4. The van der Waals surface area contributed by atoms with Crippen molar-refractivity contribution in [2.75, 3.05) is 26.4 Å². The number of aliphatic carboxylic acids is 1. The molecule has 0 aliphatic carbocycles. The molecule has 0 radical (unpaired) electrons. The van der Waals surface area contributed by atoms with Crippen molar-refractivity contribution >= 4 is 23.8 Å². The summed E-state index contributed by atoms with van der Waals surface area (Å²) in [5.74, 6) is 1.14. The molecule has 0 atom stereocenters. The van der Waals surface area contributed by atoms with Crippen LogP contribution in [0.5, 0.6) is 0 Å². The molecule has 1 rings (SSSR count). The molecule has 0 saturated heterocycles. The summed E-state index contributed by atoms with van der Waals surface area (Å²) in [5, 5.41) is 8.57. The van der Waals surface area contributed by atoms with Crippen molar-refractivity contribution in [1.29, 1.82) is 0 Å². The van der Waals surface area contributed by atoms with Gasteiger partial charge in [0.15, 0.2) is 0 Å². The van der Waals surface area contributed by atoms with Crippen LogP contribution < -0.4 is 0 Å². The summed E-state index contributed by atoms with van der Waals surface area (Å²) in [4.78, 5) is 12.6. The van der Waals surface area contributed by atoms with Gasteiger partial charge in [-0.25, -0.2) is 4.79 Å². The third-order valence-electron chi connectivity index (χ3n) is 2.32. The van der Waals surface area contributed by atoms with E-state index in [2.05, 4.69) is 25.1 Å². The third kappa shape index (κ3) is 6.47. The Morgan fingerprint density at radius 3 is 2.89 bits per heavy atom. The molecule has 0 unspecified atom stereocenters. The number of nitrogens with zero attached hydrogens (tertiary/aromatic N) is 1. The lowest BCUT2D eigenvalue weighted by atomic mass is 10.1. The summed E-state index contributed by atoms with van der Waals surface area (Å²) in [7, 11) is 4.13. The molecule has 0 fully saturated rings. The van der Waals surface area contributed by atoms with Crippen molar-refractivity contribution in [3.63, 3.8) is 0 Å². The molecule has 98 valence electrons. The van der Waals surface area contributed by atoms with Crippen molar-refractivity contribution < 1.29 is 9.90 Å². The van der Waals surface area contributed by atoms with E-state index in [1.54, 1.807) is 6.08 Å². The van der Waals surface area contributed by atoms with Crippen molar-refractivity contribution in [2.24, 2.45) is 0 Å². The summed E-state index contributed by atoms with van der Waals surface area (Å²) in [6, 6.07) is 7.97. The normalized spacial score (nSPS) is 11.3. The monoisotopic (exact) mass is 265 g/mol. The Labute approximate surface area is 113 Å². The second-order valence-corrected chi connectivity index (χ2v) is 5.38. The highest BCUT2D eigenvalue weighted by molar-refractivity contribution is 7.98. The predicted octanol–water partition coefficient (Wildman–Crippen LogP) is 2.58. The quantitative estimate of drug-likeness (QED) is 0.607. The van der Waals surface area contributed by atoms with E-state index in [1.165, 1.54) is 5.56 Å². The van der Waals surface area contributed by atoms with Crippen LogP contribution in [0.1, 0.15) is 11.1 Å². The van der Waals surface area contributed by atoms with Crippen LogP contribution in [0.25, 0.3) is 6.08 Å². The Bertz CT molecular complexity index is 416. The largest absolute Gasteiger partial charge is 0.478 e. The summed E-state index contributed by atoms with van der Waals surface area (Å²) < 4.78 is 0. The summed E-state index contributed by atoms with van der Waals surface area (Å²) in [6.45, 7) is 1.07. The Morgan fingerprint density at radius 2 is 2.22 bits per heavy atom. The number of carboxylic acid groups (broad SMARTS) is 1. The summed E-state index contributed by atoms with van der Waals surface area (Å²) >= 11 is 1.89. The molecule has 0 amide bonds. The van der Waals surface area contributed by atoms with Crippen LogP contribution in [0.4, 0.5) is 0 Å². The van der Waals surface area contributed by atoms with E-state index in [0.717, 1.165) is 29.7 Å². The number of carboxylic acids is 1. The van der Waals surface area contributed by atoms with Crippen LogP contribution in [0.15, 0.2) is 30.3 Å². The lowest BCUT2D eigenvalue weighted by Crippen LogP contribution is -2.14. The average Bonchev–Trinajstić information content (AvgIpc) is 2.32. The standard InChI is InChI=1S/C14H19NO2S/c1-15(2)8-9-18-11-13-5-3-4-12(10-13)6-7-14(16)17/h3-7,10H,8-9,11H2,1-2H3,(H,16,17). The van der Waals surface area contributed by atoms with Gasteiger partial charge in [-0.2, -0.15) is 11.8 Å². The summed E-state index contributed by atoms with van der Waals surface area (Å²) in [6.07, 6.45) is 2.79. The van der Waals surface area contributed by atoms with Crippen LogP contribution in [0.3, 0.4) is 0 Å². The maximum atomic E-state index is 10.4. The second kappa shape index (κ2) is 7.95. The van der Waals surface area contributed by atoms with Gasteiger partial charge in [0.25, 0.3) is 0 Å². The lowest BCUT2D eigenvalue weighted by Gasteiger charge is -2.08. The Hall–Kier alpha value is -1.26. The fourth-order valence-electron chi connectivity index (χ4n) is 1.39. The first-order valence-corrected chi connectivity index (χ1v) is 6.96. The molecule has 1 N–H and O–H groups in total. The van der Waals surface area contributed by atoms with Gasteiger partial charge in [-0.05, 0) is 31.3 Å². The average molecular weight is 265 g/mol. The molecule has 1 aromatic carbocycles. The third-order valence-corrected chi connectivity index (χ3v) is 3.33. The Kier molecular flexibility index (Phi) is 6.54. The van der Waals surface area contributed by atoms with Gasteiger partial charge < -0.3 is 10.0 Å². The molecular formula is C14H19NO2S. The second-order valence-electron chi connectivity index (χ2n) is 4.27. The fourth-order valence-corrected chi connectivity index (χ4v) is 2.45. The first-order valence-electron chi connectivity index (χ1n) is 5.80. The van der Waals surface area contributed by atoms with Gasteiger partial charge in [0.1, 0.15) is 0 Å². The van der Waals surface area contributed by atoms with Crippen molar-refractivity contribution in [2.45, 2.75) is 5.75 Å². The number of hydrogen-bond acceptors (Lipinski definition) is 3. The zero-order valence-electron chi connectivity index (χ0n) is 10.8. The van der Waals surface area contributed by atoms with Gasteiger partial charge >= 0.3 is 5.97 Å². The number of carbonyl (C=O) groups is 1. The molecule has 0 aliphatic heterocycles. The first kappa shape index (κ1) is 14.8. The van der Waals surface area contributed by atoms with Gasteiger partial charge in [0.2, 0.25) is 0 Å². The fraction of sp³-hybridized carbons (Fsp3) is 0.357. The van der Waals surface area contributed by atoms with Crippen LogP contribution in [-0.4, -0.2) is 42.4 Å². The maximum Gasteiger partial charge on any atom is 0.328 e. The molecule has 4 heteroatoms. The zero-order chi connectivity index (χ0) is 13.4. The molecule has 0 aromatic heterocycles. The molecule has 0 heterocycles. The number of benzene rings is 1. The van der Waals surface area contributed by atoms with E-state index in [9.17, 15) is 4.79 Å². The molecule has 3 nitrogen and oxygen atoms in total. The highest BCUT2D eigenvalue weighted by Crippen LogP contribution is 2.14. The SMILES string of the molecule is CN(C)CCSCc1cccc(C=CC(=O)O)c1. The molecule has 0 saturated carbocycles. The van der Waals surface area contributed by atoms with Gasteiger partial charge in [-0.15, -0.1) is 0 Å². The first-order chi connectivity index (χ1) is 8.58. The van der Waals surface area contributed by atoms with E-state index in [0.29, 0.717) is 0 Å². The Balaban J connectivity index is 2.47. The van der Waals surface area contributed by atoms with Crippen LogP contribution in [-0.2, 0) is 10.5 Å². The van der Waals surface area contributed by atoms with Crippen LogP contribution in [0, 0.1) is 0 Å². The minimum Gasteiger partial charge on any atom is -0.478 e. The minimum atomic E-state index is -0.916. The zero-order valence-corrected chi connectivity index (χ0v) is 11.6. The Morgan fingerprint density at radius 1 is 1.44 bits per heavy atom. The van der Waals surface area contributed by atoms with E-state index in [4.69, 9.17) is 5.11 Å². The highest BCUT2D eigenvalue weighted by atomic mass is 32.2. The number of thioether (sulfide) groups is 1. The van der Waals surface area contributed by atoms with E-state index in [1.807, 2.05) is 30.0 Å². The van der Waals surface area contributed by atoms with E-state index >= 15 is 0 Å². The van der Waals surface area contributed by atoms with Crippen molar-refractivity contribution in [1.82, 2.24) is 4.90 Å². The van der Waals surface area contributed by atoms with Crippen molar-refractivity contribution in [3.05, 3.63) is 41.5 Å². The molecule has 0 spiro atoms. The topological polar surface area (TPSA) is 40.5 Å². The number of hydrogen-bond donors (Lipinski definition) is 1. The molecule has 18 heavy (non-hydrogen) atoms. The van der Waals surface area contributed by atoms with Gasteiger partial charge in [-0.1, -0.05) is 24.3 Å². The van der Waals surface area contributed by atoms with Crippen molar-refractivity contribution in [3.8, 4) is 0 Å². The van der Waals surface area contributed by atoms with Gasteiger partial charge in [0.05, 0.1) is 0 Å². The molecule has 1 aromatic rings. The summed E-state index contributed by atoms with van der Waals surface area (Å²) in [5.41, 5.74) is 2.16. The van der Waals surface area contributed by atoms with Crippen LogP contribution in [0.2, 0.25) is 0 Å². The molecular weight excluding hydrogens is 246 g/mol. The van der Waals surface area contributed by atoms with E-state index in [-0.39, 0.29) is 0 Å². The van der Waals surface area contributed by atoms with Gasteiger partial charge in [0, 0.05) is 24.1 Å². The highest BCUT2D eigenvalue weighted by Gasteiger charge is 1.96. The molecule has 0 bridgehead atoms. The minimum absolute atomic E-state index is 0.916. The van der Waals surface area contributed by atoms with E-state index < -0.39 is 5.97 Å². The van der Waals surface area contributed by atoms with Crippen LogP contribution >= 0.6 is 11.8 Å². The smallest absolute Gasteiger partial charge is 0.328 e. The number of rotatable bonds is 7. The lowest BCUT2D eigenvalue weighted by molar-refractivity contribution is -0.131.